The van der Waals surface area contributed by atoms with Gasteiger partial charge in [0, 0.05) is 18.9 Å². The lowest BCUT2D eigenvalue weighted by Gasteiger charge is -2.45. The topological polar surface area (TPSA) is 126 Å². The maximum atomic E-state index is 12.3. The minimum absolute atomic E-state index is 0.0301. The Morgan fingerprint density at radius 3 is 2.60 bits per heavy atom. The Morgan fingerprint density at radius 1 is 1.40 bits per heavy atom. The first-order valence-electron chi connectivity index (χ1n) is 7.74. The zero-order valence-corrected chi connectivity index (χ0v) is 14.2. The number of rotatable bonds is 7. The predicted molar refractivity (Wildman–Crippen MR) is 84.5 cm³/mol. The highest BCUT2D eigenvalue weighted by Crippen LogP contribution is 2.45. The Balaban J connectivity index is 1.76. The largest absolute Gasteiger partial charge is 0.477 e. The summed E-state index contributed by atoms with van der Waals surface area (Å²) in [5.74, 6) is -2.49. The zero-order valence-electron chi connectivity index (χ0n) is 13.4. The number of carboxylic acid groups (broad SMARTS) is 1. The second-order valence-electron chi connectivity index (χ2n) is 6.16. The van der Waals surface area contributed by atoms with Gasteiger partial charge in [-0.15, -0.1) is 0 Å². The first kappa shape index (κ1) is 17.6. The fraction of sp³-hybridized carbons (Fsp3) is 0.467. The molecule has 1 amide bonds. The van der Waals surface area contributed by atoms with Crippen molar-refractivity contribution in [2.24, 2.45) is 5.92 Å². The Bertz CT molecular complexity index is 828. The molecule has 2 aliphatic heterocycles. The van der Waals surface area contributed by atoms with E-state index >= 15 is 0 Å². The van der Waals surface area contributed by atoms with Gasteiger partial charge in [0.25, 0.3) is 0 Å². The molecule has 9 nitrogen and oxygen atoms in total. The van der Waals surface area contributed by atoms with Crippen molar-refractivity contribution in [3.8, 4) is 0 Å². The standard InChI is InChI=1S/C15H18N2O7S/c1-9(24-25(21,22)23)12-11-8-10(4-7-16-5-2-3-6-16)13(15(19)20)17(11)14(12)18/h2-3,5-6,9,11-12H,4,7-8H2,1H3,(H,19,20)(H,21,22,23)/t9-,11+,12-/m0/s1. The Morgan fingerprint density at radius 2 is 2.04 bits per heavy atom. The molecule has 3 atom stereocenters. The Hall–Kier alpha value is -2.17. The summed E-state index contributed by atoms with van der Waals surface area (Å²) in [6, 6.07) is 3.26. The van der Waals surface area contributed by atoms with Gasteiger partial charge in [-0.3, -0.25) is 9.35 Å². The lowest BCUT2D eigenvalue weighted by atomic mass is 9.83. The van der Waals surface area contributed by atoms with Crippen LogP contribution in [0.15, 0.2) is 35.8 Å². The molecule has 0 bridgehead atoms. The van der Waals surface area contributed by atoms with Crippen LogP contribution in [0, 0.1) is 5.92 Å². The van der Waals surface area contributed by atoms with Gasteiger partial charge in [0.05, 0.1) is 18.1 Å². The van der Waals surface area contributed by atoms with Gasteiger partial charge in [-0.2, -0.15) is 8.42 Å². The fourth-order valence-electron chi connectivity index (χ4n) is 3.60. The molecule has 1 saturated heterocycles. The number of hydrogen-bond donors (Lipinski definition) is 2. The third-order valence-corrected chi connectivity index (χ3v) is 5.17. The summed E-state index contributed by atoms with van der Waals surface area (Å²) in [6.45, 7) is 1.95. The van der Waals surface area contributed by atoms with Crippen molar-refractivity contribution in [2.75, 3.05) is 0 Å². The molecule has 10 heteroatoms. The molecule has 0 radical (unpaired) electrons. The zero-order chi connectivity index (χ0) is 18.4. The highest BCUT2D eigenvalue weighted by molar-refractivity contribution is 7.80. The Kier molecular flexibility index (Phi) is 4.43. The molecule has 0 unspecified atom stereocenters. The van der Waals surface area contributed by atoms with Crippen molar-refractivity contribution in [3.63, 3.8) is 0 Å². The SMILES string of the molecule is C[C@H](OS(=O)(=O)O)[C@@H]1C(=O)N2C(C(=O)O)=C(CCn3cccc3)C[C@H]12. The molecule has 3 rings (SSSR count). The van der Waals surface area contributed by atoms with E-state index in [0.717, 1.165) is 0 Å². The van der Waals surface area contributed by atoms with Gasteiger partial charge in [-0.1, -0.05) is 0 Å². The quantitative estimate of drug-likeness (QED) is 0.533. The maximum Gasteiger partial charge on any atom is 0.397 e. The maximum absolute atomic E-state index is 12.3. The van der Waals surface area contributed by atoms with Crippen LogP contribution in [0.5, 0.6) is 0 Å². The molecule has 1 aromatic heterocycles. The van der Waals surface area contributed by atoms with E-state index in [1.807, 2.05) is 29.1 Å². The lowest BCUT2D eigenvalue weighted by Crippen LogP contribution is -2.62. The molecule has 136 valence electrons. The normalized spacial score (nSPS) is 24.2. The van der Waals surface area contributed by atoms with E-state index in [1.54, 1.807) is 0 Å². The molecule has 1 aromatic rings. The van der Waals surface area contributed by atoms with Crippen molar-refractivity contribution in [2.45, 2.75) is 38.5 Å². The smallest absolute Gasteiger partial charge is 0.397 e. The summed E-state index contributed by atoms with van der Waals surface area (Å²) in [4.78, 5) is 25.1. The number of carbonyl (C=O) groups is 2. The fourth-order valence-corrected chi connectivity index (χ4v) is 4.11. The second kappa shape index (κ2) is 6.28. The van der Waals surface area contributed by atoms with Crippen molar-refractivity contribution in [3.05, 3.63) is 35.8 Å². The van der Waals surface area contributed by atoms with Crippen LogP contribution in [0.2, 0.25) is 0 Å². The van der Waals surface area contributed by atoms with E-state index < -0.39 is 40.3 Å². The van der Waals surface area contributed by atoms with E-state index in [4.69, 9.17) is 4.55 Å². The first-order chi connectivity index (χ1) is 11.7. The second-order valence-corrected chi connectivity index (χ2v) is 7.21. The van der Waals surface area contributed by atoms with Crippen LogP contribution in [0.1, 0.15) is 19.8 Å². The third kappa shape index (κ3) is 3.32. The number of hydrogen-bond acceptors (Lipinski definition) is 5. The van der Waals surface area contributed by atoms with Crippen LogP contribution in [0.4, 0.5) is 0 Å². The van der Waals surface area contributed by atoms with Crippen molar-refractivity contribution in [1.82, 2.24) is 9.47 Å². The van der Waals surface area contributed by atoms with Gasteiger partial charge in [0.2, 0.25) is 5.91 Å². The monoisotopic (exact) mass is 370 g/mol. The van der Waals surface area contributed by atoms with E-state index in [1.165, 1.54) is 11.8 Å². The van der Waals surface area contributed by atoms with Gasteiger partial charge in [0.1, 0.15) is 5.70 Å². The summed E-state index contributed by atoms with van der Waals surface area (Å²) in [5.41, 5.74) is 0.610. The highest BCUT2D eigenvalue weighted by atomic mass is 32.3. The number of aliphatic carboxylic acids is 1. The summed E-state index contributed by atoms with van der Waals surface area (Å²) in [5, 5.41) is 9.47. The molecule has 1 fully saturated rings. The van der Waals surface area contributed by atoms with Crippen molar-refractivity contribution in [1.29, 1.82) is 0 Å². The summed E-state index contributed by atoms with van der Waals surface area (Å²) >= 11 is 0. The van der Waals surface area contributed by atoms with Crippen molar-refractivity contribution >= 4 is 22.3 Å². The predicted octanol–water partition coefficient (Wildman–Crippen LogP) is 0.656. The minimum Gasteiger partial charge on any atom is -0.477 e. The van der Waals surface area contributed by atoms with Gasteiger partial charge >= 0.3 is 16.4 Å². The summed E-state index contributed by atoms with van der Waals surface area (Å²) in [7, 11) is -4.68. The van der Waals surface area contributed by atoms with Gasteiger partial charge in [-0.05, 0) is 37.5 Å². The molecule has 3 heterocycles. The molecule has 2 N–H and O–H groups in total. The first-order valence-corrected chi connectivity index (χ1v) is 9.10. The van der Waals surface area contributed by atoms with Crippen LogP contribution in [-0.4, -0.2) is 51.6 Å². The van der Waals surface area contributed by atoms with Crippen molar-refractivity contribution < 1.29 is 31.8 Å². The van der Waals surface area contributed by atoms with E-state index in [-0.39, 0.29) is 5.70 Å². The van der Waals surface area contributed by atoms with Gasteiger partial charge in [-0.25, -0.2) is 8.98 Å². The molecule has 0 spiro atoms. The molecular formula is C15H18N2O7S. The minimum atomic E-state index is -4.68. The summed E-state index contributed by atoms with van der Waals surface area (Å²) < 4.78 is 36.9. The van der Waals surface area contributed by atoms with E-state index in [2.05, 4.69) is 4.18 Å². The highest BCUT2D eigenvalue weighted by Gasteiger charge is 2.57. The average molecular weight is 370 g/mol. The summed E-state index contributed by atoms with van der Waals surface area (Å²) in [6.07, 6.45) is 3.47. The number of amides is 1. The molecule has 0 aliphatic carbocycles. The lowest BCUT2D eigenvalue weighted by molar-refractivity contribution is -0.160. The number of carbonyl (C=O) groups excluding carboxylic acids is 1. The van der Waals surface area contributed by atoms with E-state index in [0.29, 0.717) is 25.0 Å². The average Bonchev–Trinajstić information content (AvgIpc) is 3.08. The molecule has 0 aromatic carbocycles. The van der Waals surface area contributed by atoms with Crippen LogP contribution < -0.4 is 0 Å². The number of β-lactam (4-membered cyclic amide) rings is 1. The van der Waals surface area contributed by atoms with Gasteiger partial charge < -0.3 is 14.6 Å². The Labute approximate surface area is 144 Å². The number of nitrogens with zero attached hydrogens (tertiary/aromatic N) is 2. The third-order valence-electron chi connectivity index (χ3n) is 4.62. The van der Waals surface area contributed by atoms with E-state index in [9.17, 15) is 23.1 Å². The molecular weight excluding hydrogens is 352 g/mol. The molecule has 0 saturated carbocycles. The van der Waals surface area contributed by atoms with Crippen LogP contribution in [-0.2, 0) is 30.7 Å². The van der Waals surface area contributed by atoms with Gasteiger partial charge in [0.15, 0.2) is 0 Å². The van der Waals surface area contributed by atoms with Crippen LogP contribution >= 0.6 is 0 Å². The van der Waals surface area contributed by atoms with Crippen LogP contribution in [0.3, 0.4) is 0 Å². The molecule has 2 aliphatic rings. The number of fused-ring (bicyclic) bond motifs is 1. The number of carboxylic acids is 1. The van der Waals surface area contributed by atoms with Crippen LogP contribution in [0.25, 0.3) is 0 Å². The number of aromatic nitrogens is 1. The number of aryl methyl sites for hydroxylation is 1. The molecule has 25 heavy (non-hydrogen) atoms.